The van der Waals surface area contributed by atoms with Crippen molar-refractivity contribution in [3.8, 4) is 0 Å². The SMILES string of the molecule is CN(C)c1ccc(N[C@H]2CCCN(C(=O)NC3CCOCC3)CC2)cn1. The van der Waals surface area contributed by atoms with Crippen molar-refractivity contribution >= 4 is 17.5 Å². The van der Waals surface area contributed by atoms with Crippen LogP contribution in [0.1, 0.15) is 32.1 Å². The summed E-state index contributed by atoms with van der Waals surface area (Å²) in [6, 6.07) is 4.81. The van der Waals surface area contributed by atoms with Gasteiger partial charge in [0.2, 0.25) is 0 Å². The maximum Gasteiger partial charge on any atom is 0.317 e. The molecule has 3 rings (SSSR count). The number of hydrogen-bond donors (Lipinski definition) is 2. The lowest BCUT2D eigenvalue weighted by atomic mass is 10.1. The van der Waals surface area contributed by atoms with Crippen LogP contribution in [0, 0.1) is 0 Å². The number of pyridine rings is 1. The van der Waals surface area contributed by atoms with Gasteiger partial charge in [-0.2, -0.15) is 0 Å². The number of carbonyl (C=O) groups excluding carboxylic acids is 1. The number of rotatable bonds is 4. The Labute approximate surface area is 156 Å². The molecule has 144 valence electrons. The molecule has 1 atom stereocenters. The zero-order valence-corrected chi connectivity index (χ0v) is 15.9. The molecule has 2 aliphatic heterocycles. The van der Waals surface area contributed by atoms with E-state index >= 15 is 0 Å². The summed E-state index contributed by atoms with van der Waals surface area (Å²) in [5, 5.41) is 6.74. The van der Waals surface area contributed by atoms with E-state index in [9.17, 15) is 4.79 Å². The molecule has 1 aromatic heterocycles. The first-order valence-corrected chi connectivity index (χ1v) is 9.65. The lowest BCUT2D eigenvalue weighted by Gasteiger charge is -2.27. The van der Waals surface area contributed by atoms with Crippen molar-refractivity contribution < 1.29 is 9.53 Å². The molecule has 2 amide bonds. The number of urea groups is 1. The van der Waals surface area contributed by atoms with Crippen LogP contribution in [-0.4, -0.2) is 68.4 Å². The van der Waals surface area contributed by atoms with Crippen LogP contribution in [0.25, 0.3) is 0 Å². The molecule has 2 aliphatic rings. The van der Waals surface area contributed by atoms with Crippen molar-refractivity contribution in [2.24, 2.45) is 0 Å². The van der Waals surface area contributed by atoms with E-state index in [1.165, 1.54) is 0 Å². The first-order chi connectivity index (χ1) is 12.6. The number of anilines is 2. The van der Waals surface area contributed by atoms with E-state index < -0.39 is 0 Å². The van der Waals surface area contributed by atoms with Gasteiger partial charge in [-0.3, -0.25) is 0 Å². The molecule has 0 saturated carbocycles. The minimum absolute atomic E-state index is 0.0783. The Kier molecular flexibility index (Phi) is 6.55. The van der Waals surface area contributed by atoms with Crippen molar-refractivity contribution in [1.82, 2.24) is 15.2 Å². The van der Waals surface area contributed by atoms with E-state index in [0.29, 0.717) is 6.04 Å². The summed E-state index contributed by atoms with van der Waals surface area (Å²) in [4.78, 5) is 20.9. The summed E-state index contributed by atoms with van der Waals surface area (Å²) < 4.78 is 5.36. The molecule has 0 aromatic carbocycles. The molecule has 2 fully saturated rings. The molecule has 3 heterocycles. The van der Waals surface area contributed by atoms with Gasteiger partial charge in [0.25, 0.3) is 0 Å². The third-order valence-corrected chi connectivity index (χ3v) is 5.14. The predicted molar refractivity (Wildman–Crippen MR) is 104 cm³/mol. The molecule has 0 radical (unpaired) electrons. The lowest BCUT2D eigenvalue weighted by Crippen LogP contribution is -2.47. The number of amides is 2. The molecule has 7 nitrogen and oxygen atoms in total. The van der Waals surface area contributed by atoms with Gasteiger partial charge in [0.05, 0.1) is 11.9 Å². The van der Waals surface area contributed by atoms with Crippen molar-refractivity contribution in [1.29, 1.82) is 0 Å². The van der Waals surface area contributed by atoms with E-state index in [4.69, 9.17) is 4.74 Å². The summed E-state index contributed by atoms with van der Waals surface area (Å²) in [6.07, 6.45) is 6.75. The zero-order chi connectivity index (χ0) is 18.4. The van der Waals surface area contributed by atoms with E-state index in [-0.39, 0.29) is 12.1 Å². The van der Waals surface area contributed by atoms with Crippen molar-refractivity contribution in [2.75, 3.05) is 50.6 Å². The second-order valence-electron chi connectivity index (χ2n) is 7.39. The highest BCUT2D eigenvalue weighted by Gasteiger charge is 2.23. The van der Waals surface area contributed by atoms with Gasteiger partial charge in [0.15, 0.2) is 0 Å². The van der Waals surface area contributed by atoms with Crippen LogP contribution in [0.4, 0.5) is 16.3 Å². The fourth-order valence-electron chi connectivity index (χ4n) is 3.52. The summed E-state index contributed by atoms with van der Waals surface area (Å²) in [6.45, 7) is 3.11. The van der Waals surface area contributed by atoms with Gasteiger partial charge in [-0.1, -0.05) is 0 Å². The van der Waals surface area contributed by atoms with Crippen molar-refractivity contribution in [3.63, 3.8) is 0 Å². The second kappa shape index (κ2) is 9.07. The fourth-order valence-corrected chi connectivity index (χ4v) is 3.52. The predicted octanol–water partition coefficient (Wildman–Crippen LogP) is 2.30. The average molecular weight is 361 g/mol. The van der Waals surface area contributed by atoms with Crippen LogP contribution < -0.4 is 15.5 Å². The van der Waals surface area contributed by atoms with E-state index in [2.05, 4.69) is 21.7 Å². The summed E-state index contributed by atoms with van der Waals surface area (Å²) in [5.74, 6) is 0.951. The van der Waals surface area contributed by atoms with Crippen LogP contribution in [0.3, 0.4) is 0 Å². The maximum atomic E-state index is 12.5. The number of carbonyl (C=O) groups is 1. The number of aromatic nitrogens is 1. The minimum atomic E-state index is 0.0783. The molecule has 2 saturated heterocycles. The number of nitrogens with one attached hydrogen (secondary N) is 2. The quantitative estimate of drug-likeness (QED) is 0.861. The van der Waals surface area contributed by atoms with Crippen LogP contribution in [0.5, 0.6) is 0 Å². The topological polar surface area (TPSA) is 69.7 Å². The van der Waals surface area contributed by atoms with Gasteiger partial charge in [-0.05, 0) is 44.2 Å². The van der Waals surface area contributed by atoms with Crippen molar-refractivity contribution in [2.45, 2.75) is 44.2 Å². The van der Waals surface area contributed by atoms with Gasteiger partial charge in [-0.25, -0.2) is 9.78 Å². The summed E-state index contributed by atoms with van der Waals surface area (Å²) in [5.41, 5.74) is 1.04. The molecular formula is C19H31N5O2. The Morgan fingerprint density at radius 2 is 1.96 bits per heavy atom. The van der Waals surface area contributed by atoms with E-state index in [1.54, 1.807) is 0 Å². The number of likely N-dealkylation sites (tertiary alicyclic amines) is 1. The average Bonchev–Trinajstić information content (AvgIpc) is 2.89. The standard InChI is InChI=1S/C19H31N5O2/c1-23(2)18-6-5-17(14-20-18)21-15-4-3-10-24(11-7-15)19(25)22-16-8-12-26-13-9-16/h5-6,14-16,21H,3-4,7-13H2,1-2H3,(H,22,25)/t15-/m0/s1. The van der Waals surface area contributed by atoms with Crippen LogP contribution in [0.15, 0.2) is 18.3 Å². The molecule has 26 heavy (non-hydrogen) atoms. The summed E-state index contributed by atoms with van der Waals surface area (Å²) in [7, 11) is 3.97. The Balaban J connectivity index is 1.47. The zero-order valence-electron chi connectivity index (χ0n) is 15.9. The highest BCUT2D eigenvalue weighted by Crippen LogP contribution is 2.18. The van der Waals surface area contributed by atoms with Gasteiger partial charge in [-0.15, -0.1) is 0 Å². The number of nitrogens with zero attached hydrogens (tertiary/aromatic N) is 3. The molecule has 1 aromatic rings. The highest BCUT2D eigenvalue weighted by atomic mass is 16.5. The second-order valence-corrected chi connectivity index (χ2v) is 7.39. The molecule has 0 spiro atoms. The Morgan fingerprint density at radius 3 is 2.65 bits per heavy atom. The number of hydrogen-bond acceptors (Lipinski definition) is 5. The summed E-state index contributed by atoms with van der Waals surface area (Å²) >= 11 is 0. The van der Waals surface area contributed by atoms with Gasteiger partial charge in [0.1, 0.15) is 5.82 Å². The van der Waals surface area contributed by atoms with Crippen LogP contribution in [0.2, 0.25) is 0 Å². The van der Waals surface area contributed by atoms with Gasteiger partial charge in [0, 0.05) is 52.5 Å². The first kappa shape index (κ1) is 18.8. The van der Waals surface area contributed by atoms with Crippen LogP contribution in [-0.2, 0) is 4.74 Å². The molecule has 0 bridgehead atoms. The normalized spacial score (nSPS) is 21.8. The van der Waals surface area contributed by atoms with Crippen molar-refractivity contribution in [3.05, 3.63) is 18.3 Å². The monoisotopic (exact) mass is 361 g/mol. The smallest absolute Gasteiger partial charge is 0.317 e. The molecule has 0 aliphatic carbocycles. The van der Waals surface area contributed by atoms with Crippen LogP contribution >= 0.6 is 0 Å². The third-order valence-electron chi connectivity index (χ3n) is 5.14. The fraction of sp³-hybridized carbons (Fsp3) is 0.684. The highest BCUT2D eigenvalue weighted by molar-refractivity contribution is 5.74. The molecular weight excluding hydrogens is 330 g/mol. The largest absolute Gasteiger partial charge is 0.381 e. The Bertz CT molecular complexity index is 572. The lowest BCUT2D eigenvalue weighted by molar-refractivity contribution is 0.0781. The molecule has 2 N–H and O–H groups in total. The molecule has 7 heteroatoms. The Hall–Kier alpha value is -2.02. The van der Waals surface area contributed by atoms with E-state index in [1.807, 2.05) is 36.2 Å². The molecule has 0 unspecified atom stereocenters. The minimum Gasteiger partial charge on any atom is -0.381 e. The number of ether oxygens (including phenoxy) is 1. The Morgan fingerprint density at radius 1 is 1.15 bits per heavy atom. The third kappa shape index (κ3) is 5.24. The van der Waals surface area contributed by atoms with Gasteiger partial charge < -0.3 is 25.2 Å². The maximum absolute atomic E-state index is 12.5. The van der Waals surface area contributed by atoms with E-state index in [0.717, 1.165) is 69.9 Å². The van der Waals surface area contributed by atoms with Gasteiger partial charge >= 0.3 is 6.03 Å². The first-order valence-electron chi connectivity index (χ1n) is 9.65.